The first-order valence-corrected chi connectivity index (χ1v) is 8.26. The smallest absolute Gasteiger partial charge is 0.345 e. The quantitative estimate of drug-likeness (QED) is 0.431. The summed E-state index contributed by atoms with van der Waals surface area (Å²) in [6.07, 6.45) is 2.95. The highest BCUT2D eigenvalue weighted by molar-refractivity contribution is 5.90. The molecule has 0 saturated carbocycles. The van der Waals surface area contributed by atoms with Crippen molar-refractivity contribution in [2.75, 3.05) is 0 Å². The maximum Gasteiger partial charge on any atom is 0.345 e. The van der Waals surface area contributed by atoms with Gasteiger partial charge in [-0.3, -0.25) is 9.78 Å². The molecule has 0 unspecified atom stereocenters. The normalized spacial score (nSPS) is 10.8. The third-order valence-corrected chi connectivity index (χ3v) is 4.16. The summed E-state index contributed by atoms with van der Waals surface area (Å²) in [5, 5.41) is -0.328. The number of aromatic nitrogens is 2. The number of nitrogens with one attached hydrogen (secondary N) is 1. The van der Waals surface area contributed by atoms with Gasteiger partial charge < -0.3 is 9.72 Å². The summed E-state index contributed by atoms with van der Waals surface area (Å²) >= 11 is 0. The van der Waals surface area contributed by atoms with Crippen LogP contribution >= 0.6 is 0 Å². The van der Waals surface area contributed by atoms with Crippen molar-refractivity contribution in [1.82, 2.24) is 9.97 Å². The van der Waals surface area contributed by atoms with E-state index in [-0.39, 0.29) is 10.9 Å². The van der Waals surface area contributed by atoms with Gasteiger partial charge in [0.2, 0.25) is 0 Å². The lowest BCUT2D eigenvalue weighted by Crippen LogP contribution is -2.08. The summed E-state index contributed by atoms with van der Waals surface area (Å²) in [5.41, 5.74) is 0.916. The van der Waals surface area contributed by atoms with Crippen molar-refractivity contribution >= 4 is 16.9 Å². The molecule has 0 fully saturated rings. The Bertz CT molecular complexity index is 1240. The van der Waals surface area contributed by atoms with Crippen LogP contribution in [0.15, 0.2) is 71.8 Å². The maximum absolute atomic E-state index is 13.9. The first kappa shape index (κ1) is 17.5. The molecule has 2 aromatic heterocycles. The van der Waals surface area contributed by atoms with Gasteiger partial charge in [0.05, 0.1) is 16.5 Å². The molecular formula is C21H12F2N2O3. The summed E-state index contributed by atoms with van der Waals surface area (Å²) in [7, 11) is 0. The van der Waals surface area contributed by atoms with Crippen LogP contribution < -0.4 is 10.2 Å². The Labute approximate surface area is 157 Å². The lowest BCUT2D eigenvalue weighted by atomic mass is 10.1. The zero-order valence-corrected chi connectivity index (χ0v) is 14.3. The topological polar surface area (TPSA) is 72.1 Å². The van der Waals surface area contributed by atoms with Crippen LogP contribution in [0.5, 0.6) is 5.75 Å². The van der Waals surface area contributed by atoms with Gasteiger partial charge >= 0.3 is 5.97 Å². The zero-order chi connectivity index (χ0) is 19.7. The molecule has 2 heterocycles. The van der Waals surface area contributed by atoms with Gasteiger partial charge in [-0.25, -0.2) is 13.6 Å². The van der Waals surface area contributed by atoms with Crippen molar-refractivity contribution in [2.24, 2.45) is 0 Å². The standard InChI is InChI=1S/C21H12F2N2O3/c22-15-7-8-16-19(20(15)23)18(26)10-17(25-16)12-3-5-14(6-4-12)28-21(27)13-2-1-9-24-11-13/h1-11H,(H,25,26). The predicted molar refractivity (Wildman–Crippen MR) is 99.1 cm³/mol. The number of rotatable bonds is 3. The third kappa shape index (κ3) is 3.25. The predicted octanol–water partition coefficient (Wildman–Crippen LogP) is 4.09. The van der Waals surface area contributed by atoms with Crippen LogP contribution in [0.25, 0.3) is 22.2 Å². The number of hydrogen-bond donors (Lipinski definition) is 1. The maximum atomic E-state index is 13.9. The summed E-state index contributed by atoms with van der Waals surface area (Å²) in [4.78, 5) is 31.0. The molecule has 0 aliphatic heterocycles. The molecule has 138 valence electrons. The second kappa shape index (κ2) is 7.03. The van der Waals surface area contributed by atoms with Crippen molar-refractivity contribution in [1.29, 1.82) is 0 Å². The average molecular weight is 378 g/mol. The van der Waals surface area contributed by atoms with E-state index in [9.17, 15) is 18.4 Å². The SMILES string of the molecule is O=C(Oc1ccc(-c2cc(=O)c3c(F)c(F)ccc3[nH]2)cc1)c1cccnc1. The second-order valence-corrected chi connectivity index (χ2v) is 5.99. The first-order chi connectivity index (χ1) is 13.5. The van der Waals surface area contributed by atoms with Crippen LogP contribution in [0.3, 0.4) is 0 Å². The summed E-state index contributed by atoms with van der Waals surface area (Å²) < 4.78 is 32.5. The molecule has 0 aliphatic carbocycles. The number of carbonyl (C=O) groups excluding carboxylic acids is 1. The van der Waals surface area contributed by atoms with Crippen LogP contribution in [0.4, 0.5) is 8.78 Å². The highest BCUT2D eigenvalue weighted by Crippen LogP contribution is 2.23. The fourth-order valence-corrected chi connectivity index (χ4v) is 2.79. The van der Waals surface area contributed by atoms with Crippen LogP contribution in [0.2, 0.25) is 0 Å². The molecule has 2 aromatic carbocycles. The van der Waals surface area contributed by atoms with Gasteiger partial charge in [-0.2, -0.15) is 0 Å². The highest BCUT2D eigenvalue weighted by atomic mass is 19.2. The lowest BCUT2D eigenvalue weighted by Gasteiger charge is -2.08. The van der Waals surface area contributed by atoms with E-state index in [4.69, 9.17) is 4.74 Å². The van der Waals surface area contributed by atoms with E-state index in [2.05, 4.69) is 9.97 Å². The number of carbonyl (C=O) groups is 1. The van der Waals surface area contributed by atoms with Crippen molar-refractivity contribution in [2.45, 2.75) is 0 Å². The minimum atomic E-state index is -1.18. The summed E-state index contributed by atoms with van der Waals surface area (Å²) in [5.74, 6) is -2.49. The van der Waals surface area contributed by atoms with Gasteiger partial charge in [0, 0.05) is 24.2 Å². The molecule has 4 rings (SSSR count). The minimum absolute atomic E-state index is 0.188. The molecular weight excluding hydrogens is 366 g/mol. The monoisotopic (exact) mass is 378 g/mol. The van der Waals surface area contributed by atoms with Gasteiger partial charge in [-0.15, -0.1) is 0 Å². The van der Waals surface area contributed by atoms with Crippen molar-refractivity contribution in [3.8, 4) is 17.0 Å². The van der Waals surface area contributed by atoms with Crippen molar-refractivity contribution in [3.63, 3.8) is 0 Å². The van der Waals surface area contributed by atoms with Gasteiger partial charge in [0.25, 0.3) is 0 Å². The summed E-state index contributed by atoms with van der Waals surface area (Å²) in [6, 6.07) is 13.1. The number of fused-ring (bicyclic) bond motifs is 1. The molecule has 0 aliphatic rings. The Morgan fingerprint density at radius 3 is 2.54 bits per heavy atom. The van der Waals surface area contributed by atoms with E-state index in [1.807, 2.05) is 0 Å². The Balaban J connectivity index is 1.63. The van der Waals surface area contributed by atoms with Crippen LogP contribution in [-0.4, -0.2) is 15.9 Å². The fraction of sp³-hybridized carbons (Fsp3) is 0. The van der Waals surface area contributed by atoms with Gasteiger partial charge in [-0.1, -0.05) is 0 Å². The molecule has 1 N–H and O–H groups in total. The van der Waals surface area contributed by atoms with E-state index < -0.39 is 23.0 Å². The van der Waals surface area contributed by atoms with Crippen LogP contribution in [0.1, 0.15) is 10.4 Å². The van der Waals surface area contributed by atoms with E-state index in [1.165, 1.54) is 18.3 Å². The summed E-state index contributed by atoms with van der Waals surface area (Å²) in [6.45, 7) is 0. The number of ether oxygens (including phenoxy) is 1. The Morgan fingerprint density at radius 2 is 1.82 bits per heavy atom. The molecule has 5 nitrogen and oxygen atoms in total. The van der Waals surface area contributed by atoms with E-state index in [0.717, 1.165) is 6.07 Å². The fourth-order valence-electron chi connectivity index (χ4n) is 2.79. The number of halogens is 2. The van der Waals surface area contributed by atoms with Gasteiger partial charge in [0.15, 0.2) is 17.1 Å². The van der Waals surface area contributed by atoms with E-state index in [1.54, 1.807) is 42.6 Å². The zero-order valence-electron chi connectivity index (χ0n) is 14.3. The number of benzene rings is 2. The van der Waals surface area contributed by atoms with Crippen molar-refractivity contribution in [3.05, 3.63) is 94.4 Å². The molecule has 0 amide bonds. The minimum Gasteiger partial charge on any atom is -0.423 e. The Hall–Kier alpha value is -3.87. The van der Waals surface area contributed by atoms with Gasteiger partial charge in [-0.05, 0) is 54.1 Å². The number of aromatic amines is 1. The molecule has 0 atom stereocenters. The van der Waals surface area contributed by atoms with Crippen LogP contribution in [0, 0.1) is 11.6 Å². The third-order valence-electron chi connectivity index (χ3n) is 4.16. The van der Waals surface area contributed by atoms with Crippen LogP contribution in [-0.2, 0) is 0 Å². The van der Waals surface area contributed by atoms with Crippen molar-refractivity contribution < 1.29 is 18.3 Å². The molecule has 0 spiro atoms. The first-order valence-electron chi connectivity index (χ1n) is 8.26. The molecule has 4 aromatic rings. The molecule has 28 heavy (non-hydrogen) atoms. The Kier molecular flexibility index (Phi) is 4.41. The van der Waals surface area contributed by atoms with E-state index in [0.29, 0.717) is 22.6 Å². The lowest BCUT2D eigenvalue weighted by molar-refractivity contribution is 0.0734. The molecule has 0 saturated heterocycles. The number of H-pyrrole nitrogens is 1. The highest BCUT2D eigenvalue weighted by Gasteiger charge is 2.13. The average Bonchev–Trinajstić information content (AvgIpc) is 2.71. The number of hydrogen-bond acceptors (Lipinski definition) is 4. The molecule has 0 radical (unpaired) electrons. The van der Waals surface area contributed by atoms with E-state index >= 15 is 0 Å². The number of nitrogens with zero attached hydrogens (tertiary/aromatic N) is 1. The largest absolute Gasteiger partial charge is 0.423 e. The molecule has 7 heteroatoms. The second-order valence-electron chi connectivity index (χ2n) is 5.99. The Morgan fingerprint density at radius 1 is 1.04 bits per heavy atom. The van der Waals surface area contributed by atoms with Gasteiger partial charge in [0.1, 0.15) is 5.75 Å². The molecule has 0 bridgehead atoms. The number of esters is 1. The number of pyridine rings is 2.